The fraction of sp³-hybridized carbons (Fsp3) is 0.435. The fourth-order valence-corrected chi connectivity index (χ4v) is 5.49. The monoisotopic (exact) mass is 521 g/mol. The smallest absolute Gasteiger partial charge is 0.307 e. The van der Waals surface area contributed by atoms with Crippen LogP contribution in [0.25, 0.3) is 0 Å². The highest BCUT2D eigenvalue weighted by atomic mass is 79.9. The van der Waals surface area contributed by atoms with Crippen LogP contribution in [-0.2, 0) is 16.4 Å². The van der Waals surface area contributed by atoms with Crippen molar-refractivity contribution in [1.82, 2.24) is 4.72 Å². The predicted octanol–water partition coefficient (Wildman–Crippen LogP) is 6.35. The molecule has 2 aromatic carbocycles. The van der Waals surface area contributed by atoms with Gasteiger partial charge in [-0.3, -0.25) is 0 Å². The molecule has 0 saturated carbocycles. The van der Waals surface area contributed by atoms with Crippen molar-refractivity contribution < 1.29 is 13.2 Å². The Hall–Kier alpha value is -2.26. The largest absolute Gasteiger partial charge is 0.333 e. The molecule has 32 heavy (non-hydrogen) atoms. The second-order valence-corrected chi connectivity index (χ2v) is 11.3. The van der Waals surface area contributed by atoms with Gasteiger partial charge in [-0.1, -0.05) is 54.9 Å². The van der Waals surface area contributed by atoms with Crippen LogP contribution in [0.15, 0.2) is 44.9 Å². The Balaban J connectivity index is 1.89. The molecule has 0 bridgehead atoms. The summed E-state index contributed by atoms with van der Waals surface area (Å²) in [7, 11) is -4.13. The molecule has 3 rings (SSSR count). The number of aryl methyl sites for hydroxylation is 1. The van der Waals surface area contributed by atoms with Crippen molar-refractivity contribution in [3.8, 4) is 0 Å². The molecular weight excluding hydrogens is 494 g/mol. The second-order valence-electron chi connectivity index (χ2n) is 8.70. The van der Waals surface area contributed by atoms with E-state index in [0.717, 1.165) is 34.0 Å². The second kappa shape index (κ2) is 9.70. The predicted molar refractivity (Wildman–Crippen MR) is 130 cm³/mol. The van der Waals surface area contributed by atoms with E-state index in [2.05, 4.69) is 31.1 Å². The average molecular weight is 522 g/mol. The molecule has 0 aromatic heterocycles. The van der Waals surface area contributed by atoms with Crippen LogP contribution in [0.4, 0.5) is 10.5 Å². The highest BCUT2D eigenvalue weighted by molar-refractivity contribution is 9.10. The van der Waals surface area contributed by atoms with E-state index in [1.165, 1.54) is 12.1 Å². The zero-order chi connectivity index (χ0) is 23.6. The Labute approximate surface area is 197 Å². The van der Waals surface area contributed by atoms with Crippen LogP contribution in [0.2, 0.25) is 0 Å². The van der Waals surface area contributed by atoms with Gasteiger partial charge in [0.05, 0.1) is 4.90 Å². The van der Waals surface area contributed by atoms with E-state index < -0.39 is 22.1 Å². The van der Waals surface area contributed by atoms with Crippen molar-refractivity contribution in [3.05, 3.63) is 62.0 Å². The summed E-state index contributed by atoms with van der Waals surface area (Å²) in [5.41, 5.74) is 3.96. The summed E-state index contributed by atoms with van der Waals surface area (Å²) in [6.07, 6.45) is 2.20. The number of nitrogens with zero attached hydrogens (tertiary/aromatic N) is 1. The number of urea groups is 1. The molecular formula is C23H28BrN3O4S. The number of benzene rings is 2. The first-order valence-electron chi connectivity index (χ1n) is 10.7. The molecule has 2 aromatic rings. The van der Waals surface area contributed by atoms with Gasteiger partial charge in [-0.05, 0) is 77.6 Å². The van der Waals surface area contributed by atoms with Gasteiger partial charge in [0.25, 0.3) is 10.0 Å². The molecule has 2 N–H and O–H groups in total. The molecule has 9 heteroatoms. The third-order valence-corrected chi connectivity index (χ3v) is 7.50. The van der Waals surface area contributed by atoms with Crippen molar-refractivity contribution in [1.29, 1.82) is 0 Å². The Morgan fingerprint density at radius 1 is 1.09 bits per heavy atom. The first-order valence-corrected chi connectivity index (χ1v) is 12.9. The summed E-state index contributed by atoms with van der Waals surface area (Å²) in [5, 5.41) is 5.90. The van der Waals surface area contributed by atoms with Gasteiger partial charge in [0, 0.05) is 10.2 Å². The maximum atomic E-state index is 12.9. The van der Waals surface area contributed by atoms with Crippen LogP contribution in [-0.4, -0.2) is 14.4 Å². The Morgan fingerprint density at radius 2 is 1.72 bits per heavy atom. The first-order chi connectivity index (χ1) is 15.0. The molecule has 1 unspecified atom stereocenters. The van der Waals surface area contributed by atoms with Gasteiger partial charge in [-0.15, -0.1) is 0 Å². The lowest BCUT2D eigenvalue weighted by atomic mass is 9.88. The van der Waals surface area contributed by atoms with Gasteiger partial charge in [0.2, 0.25) is 0 Å². The summed E-state index contributed by atoms with van der Waals surface area (Å²) < 4.78 is 28.8. The van der Waals surface area contributed by atoms with Crippen LogP contribution in [0.5, 0.6) is 0 Å². The van der Waals surface area contributed by atoms with Crippen molar-refractivity contribution in [2.75, 3.05) is 5.32 Å². The van der Waals surface area contributed by atoms with Crippen molar-refractivity contribution in [3.63, 3.8) is 0 Å². The third-order valence-electron chi connectivity index (χ3n) is 5.71. The topological polar surface area (TPSA) is 105 Å². The number of nitrogens with one attached hydrogen (secondary N) is 2. The van der Waals surface area contributed by atoms with Crippen LogP contribution < -0.4 is 10.0 Å². The Bertz CT molecular complexity index is 1120. The van der Waals surface area contributed by atoms with Gasteiger partial charge >= 0.3 is 6.03 Å². The number of sulfonamides is 1. The summed E-state index contributed by atoms with van der Waals surface area (Å²) >= 11 is 3.52. The molecule has 1 aliphatic carbocycles. The van der Waals surface area contributed by atoms with E-state index in [0.29, 0.717) is 17.7 Å². The SMILES string of the molecule is CC(C)c1cc(Br)cc(C(C)C)c1NC(=O)NS(=O)(=O)c1ccc2c(c1)C(N=O)CCC2. The van der Waals surface area contributed by atoms with Crippen LogP contribution in [0, 0.1) is 4.91 Å². The molecule has 0 heterocycles. The van der Waals surface area contributed by atoms with Gasteiger partial charge in [-0.25, -0.2) is 17.9 Å². The standard InChI is InChI=1S/C23H28BrN3O4S/c1-13(2)18-10-16(24)11-19(14(3)4)22(18)25-23(28)27-32(30,31)17-9-8-15-6-5-7-21(26-29)20(15)12-17/h8-14,21H,5-7H2,1-4H3,(H2,25,27,28). The Morgan fingerprint density at radius 3 is 2.28 bits per heavy atom. The van der Waals surface area contributed by atoms with Crippen molar-refractivity contribution >= 4 is 37.7 Å². The maximum Gasteiger partial charge on any atom is 0.333 e. The highest BCUT2D eigenvalue weighted by Gasteiger charge is 2.26. The number of fused-ring (bicyclic) bond motifs is 1. The molecule has 0 radical (unpaired) electrons. The normalized spacial score (nSPS) is 16.0. The average Bonchev–Trinajstić information content (AvgIpc) is 2.73. The van der Waals surface area contributed by atoms with E-state index in [1.54, 1.807) is 6.07 Å². The van der Waals surface area contributed by atoms with Crippen molar-refractivity contribution in [2.24, 2.45) is 5.18 Å². The first kappa shape index (κ1) is 24.4. The Kier molecular flexibility index (Phi) is 7.39. The van der Waals surface area contributed by atoms with Crippen LogP contribution in [0.1, 0.15) is 80.7 Å². The zero-order valence-electron chi connectivity index (χ0n) is 18.6. The minimum Gasteiger partial charge on any atom is -0.307 e. The highest BCUT2D eigenvalue weighted by Crippen LogP contribution is 2.36. The molecule has 2 amide bonds. The summed E-state index contributed by atoms with van der Waals surface area (Å²) in [6, 6.07) is 7.07. The minimum absolute atomic E-state index is 0.0640. The number of anilines is 1. The third kappa shape index (κ3) is 5.20. The molecule has 0 saturated heterocycles. The number of nitroso groups, excluding NO2 is 1. The van der Waals surface area contributed by atoms with E-state index >= 15 is 0 Å². The number of hydrogen-bond acceptors (Lipinski definition) is 5. The number of rotatable bonds is 6. The maximum absolute atomic E-state index is 12.9. The lowest BCUT2D eigenvalue weighted by molar-refractivity contribution is 0.256. The fourth-order valence-electron chi connectivity index (χ4n) is 4.05. The minimum atomic E-state index is -4.13. The number of carbonyl (C=O) groups is 1. The number of carbonyl (C=O) groups excluding carboxylic acids is 1. The lowest BCUT2D eigenvalue weighted by Crippen LogP contribution is -2.35. The summed E-state index contributed by atoms with van der Waals surface area (Å²) in [4.78, 5) is 23.9. The lowest BCUT2D eigenvalue weighted by Gasteiger charge is -2.22. The van der Waals surface area contributed by atoms with Gasteiger partial charge < -0.3 is 5.32 Å². The van der Waals surface area contributed by atoms with Crippen molar-refractivity contribution in [2.45, 2.75) is 69.7 Å². The van der Waals surface area contributed by atoms with Gasteiger partial charge in [-0.2, -0.15) is 4.91 Å². The summed E-state index contributed by atoms with van der Waals surface area (Å²) in [6.45, 7) is 8.04. The van der Waals surface area contributed by atoms with Crippen LogP contribution >= 0.6 is 15.9 Å². The molecule has 0 aliphatic heterocycles. The molecule has 1 atom stereocenters. The van der Waals surface area contributed by atoms with Crippen LogP contribution in [0.3, 0.4) is 0 Å². The molecule has 0 spiro atoms. The molecule has 7 nitrogen and oxygen atoms in total. The van der Waals surface area contributed by atoms with E-state index in [4.69, 9.17) is 0 Å². The van der Waals surface area contributed by atoms with E-state index in [1.807, 2.05) is 39.8 Å². The summed E-state index contributed by atoms with van der Waals surface area (Å²) in [5.74, 6) is 0.232. The van der Waals surface area contributed by atoms with E-state index in [9.17, 15) is 18.1 Å². The number of hydrogen-bond donors (Lipinski definition) is 2. The number of halogens is 1. The molecule has 1 aliphatic rings. The molecule has 172 valence electrons. The zero-order valence-corrected chi connectivity index (χ0v) is 21.0. The quantitative estimate of drug-likeness (QED) is 0.432. The van der Waals surface area contributed by atoms with Gasteiger partial charge in [0.15, 0.2) is 0 Å². The van der Waals surface area contributed by atoms with E-state index in [-0.39, 0.29) is 16.7 Å². The number of amides is 2. The molecule has 0 fully saturated rings. The van der Waals surface area contributed by atoms with Gasteiger partial charge in [0.1, 0.15) is 6.04 Å².